The van der Waals surface area contributed by atoms with E-state index in [4.69, 9.17) is 4.74 Å². The van der Waals surface area contributed by atoms with E-state index in [1.165, 1.54) is 19.3 Å². The van der Waals surface area contributed by atoms with Gasteiger partial charge in [0, 0.05) is 5.92 Å². The van der Waals surface area contributed by atoms with Gasteiger partial charge in [-0.2, -0.15) is 4.98 Å². The normalized spacial score (nSPS) is 21.5. The maximum Gasteiger partial charge on any atom is 0.316 e. The fourth-order valence-corrected chi connectivity index (χ4v) is 5.05. The van der Waals surface area contributed by atoms with Crippen molar-refractivity contribution < 1.29 is 18.3 Å². The third-order valence-corrected chi connectivity index (χ3v) is 6.56. The predicted octanol–water partition coefficient (Wildman–Crippen LogP) is 5.99. The standard InChI is InChI=1S/C25H24F2N2O2/c26-17-11-12-20(27)18(14-17)23-28-22-21(16-9-5-2-6-10-16)19(25(30)31-24(22)29-23)13-15-7-3-1-4-8-15/h2,5-6,9-12,14-15,19,21H,1,3-4,7-8,13H2,(H,28,29). The Morgan fingerprint density at radius 3 is 2.58 bits per heavy atom. The van der Waals surface area contributed by atoms with Gasteiger partial charge in [-0.05, 0) is 36.1 Å². The van der Waals surface area contributed by atoms with E-state index in [0.717, 1.165) is 43.0 Å². The molecule has 0 spiro atoms. The number of rotatable bonds is 4. The zero-order valence-electron chi connectivity index (χ0n) is 17.1. The molecular formula is C25H24F2N2O2. The average molecular weight is 422 g/mol. The van der Waals surface area contributed by atoms with Crippen molar-refractivity contribution in [1.29, 1.82) is 0 Å². The number of halogens is 2. The number of H-pyrrole nitrogens is 1. The lowest BCUT2D eigenvalue weighted by Crippen LogP contribution is -2.34. The number of aromatic amines is 1. The first kappa shape index (κ1) is 19.9. The van der Waals surface area contributed by atoms with Gasteiger partial charge in [0.05, 0.1) is 17.2 Å². The van der Waals surface area contributed by atoms with E-state index in [9.17, 15) is 13.6 Å². The highest BCUT2D eigenvalue weighted by Gasteiger charge is 2.42. The van der Waals surface area contributed by atoms with E-state index >= 15 is 0 Å². The quantitative estimate of drug-likeness (QED) is 0.525. The number of benzene rings is 2. The Morgan fingerprint density at radius 2 is 1.81 bits per heavy atom. The highest BCUT2D eigenvalue weighted by molar-refractivity contribution is 5.80. The summed E-state index contributed by atoms with van der Waals surface area (Å²) in [7, 11) is 0. The van der Waals surface area contributed by atoms with Crippen LogP contribution in [0.5, 0.6) is 5.88 Å². The van der Waals surface area contributed by atoms with Crippen LogP contribution < -0.4 is 4.74 Å². The molecule has 3 aromatic rings. The monoisotopic (exact) mass is 422 g/mol. The molecule has 2 atom stereocenters. The van der Waals surface area contributed by atoms with Gasteiger partial charge >= 0.3 is 5.97 Å². The lowest BCUT2D eigenvalue weighted by atomic mass is 9.74. The predicted molar refractivity (Wildman–Crippen MR) is 113 cm³/mol. The molecular weight excluding hydrogens is 398 g/mol. The first-order valence-corrected chi connectivity index (χ1v) is 10.9. The van der Waals surface area contributed by atoms with E-state index in [1.54, 1.807) is 0 Å². The maximum absolute atomic E-state index is 14.4. The number of esters is 1. The molecule has 6 heteroatoms. The molecule has 4 nitrogen and oxygen atoms in total. The van der Waals surface area contributed by atoms with Crippen molar-refractivity contribution in [3.05, 3.63) is 71.4 Å². The summed E-state index contributed by atoms with van der Waals surface area (Å²) in [6.45, 7) is 0. The molecule has 0 saturated heterocycles. The Hall–Kier alpha value is -3.02. The SMILES string of the molecule is O=C1Oc2nc(-c3cc(F)ccc3F)[nH]c2C(c2ccccc2)C1CC1CCCCC1. The number of imidazole rings is 1. The molecule has 31 heavy (non-hydrogen) atoms. The molecule has 2 unspecified atom stereocenters. The molecule has 0 radical (unpaired) electrons. The zero-order valence-corrected chi connectivity index (χ0v) is 17.1. The minimum absolute atomic E-state index is 0.0149. The van der Waals surface area contributed by atoms with Crippen molar-refractivity contribution >= 4 is 5.97 Å². The van der Waals surface area contributed by atoms with Gasteiger partial charge in [-0.1, -0.05) is 62.4 Å². The van der Waals surface area contributed by atoms with Crippen molar-refractivity contribution in [3.63, 3.8) is 0 Å². The number of ether oxygens (including phenoxy) is 1. The first-order chi connectivity index (χ1) is 15.1. The second-order valence-corrected chi connectivity index (χ2v) is 8.58. The van der Waals surface area contributed by atoms with E-state index < -0.39 is 11.6 Å². The number of nitrogens with zero attached hydrogens (tertiary/aromatic N) is 1. The molecule has 5 rings (SSSR count). The fraction of sp³-hybridized carbons (Fsp3) is 0.360. The van der Waals surface area contributed by atoms with Gasteiger partial charge in [0.1, 0.15) is 17.5 Å². The van der Waals surface area contributed by atoms with E-state index in [-0.39, 0.29) is 35.1 Å². The second-order valence-electron chi connectivity index (χ2n) is 8.58. The average Bonchev–Trinajstić information content (AvgIpc) is 3.20. The number of nitrogens with one attached hydrogen (secondary N) is 1. The van der Waals surface area contributed by atoms with Gasteiger partial charge in [-0.3, -0.25) is 4.79 Å². The highest BCUT2D eigenvalue weighted by Crippen LogP contribution is 2.45. The van der Waals surface area contributed by atoms with Crippen molar-refractivity contribution in [1.82, 2.24) is 9.97 Å². The van der Waals surface area contributed by atoms with Gasteiger partial charge in [-0.25, -0.2) is 8.78 Å². The van der Waals surface area contributed by atoms with Gasteiger partial charge in [0.15, 0.2) is 0 Å². The topological polar surface area (TPSA) is 55.0 Å². The number of hydrogen-bond acceptors (Lipinski definition) is 3. The van der Waals surface area contributed by atoms with Crippen molar-refractivity contribution in [2.45, 2.75) is 44.4 Å². The minimum Gasteiger partial charge on any atom is -0.405 e. The number of hydrogen-bond donors (Lipinski definition) is 1. The van der Waals surface area contributed by atoms with Crippen LogP contribution in [0.1, 0.15) is 55.7 Å². The summed E-state index contributed by atoms with van der Waals surface area (Å²) in [4.78, 5) is 20.6. The summed E-state index contributed by atoms with van der Waals surface area (Å²) >= 11 is 0. The largest absolute Gasteiger partial charge is 0.405 e. The van der Waals surface area contributed by atoms with Crippen LogP contribution in [0.3, 0.4) is 0 Å². The molecule has 1 aliphatic carbocycles. The molecule has 2 heterocycles. The molecule has 0 bridgehead atoms. The maximum atomic E-state index is 14.4. The molecule has 1 aliphatic heterocycles. The number of carbonyl (C=O) groups excluding carboxylic acids is 1. The first-order valence-electron chi connectivity index (χ1n) is 10.9. The van der Waals surface area contributed by atoms with Crippen LogP contribution in [0, 0.1) is 23.5 Å². The van der Waals surface area contributed by atoms with Crippen LogP contribution in [0.25, 0.3) is 11.4 Å². The second kappa shape index (κ2) is 8.25. The van der Waals surface area contributed by atoms with Crippen molar-refractivity contribution in [3.8, 4) is 17.3 Å². The van der Waals surface area contributed by atoms with Gasteiger partial charge in [0.2, 0.25) is 5.88 Å². The van der Waals surface area contributed by atoms with Crippen molar-refractivity contribution in [2.75, 3.05) is 0 Å². The molecule has 160 valence electrons. The smallest absolute Gasteiger partial charge is 0.316 e. The van der Waals surface area contributed by atoms with E-state index in [1.807, 2.05) is 30.3 Å². The molecule has 1 aromatic heterocycles. The van der Waals surface area contributed by atoms with Crippen LogP contribution in [-0.2, 0) is 4.79 Å². The Kier molecular flexibility index (Phi) is 5.30. The van der Waals surface area contributed by atoms with E-state index in [2.05, 4.69) is 9.97 Å². The summed E-state index contributed by atoms with van der Waals surface area (Å²) in [6.07, 6.45) is 6.64. The molecule has 2 aromatic carbocycles. The Morgan fingerprint density at radius 1 is 1.03 bits per heavy atom. The Balaban J connectivity index is 1.57. The molecule has 1 fully saturated rings. The third-order valence-electron chi connectivity index (χ3n) is 6.56. The number of carbonyl (C=O) groups is 1. The summed E-state index contributed by atoms with van der Waals surface area (Å²) < 4.78 is 33.7. The lowest BCUT2D eigenvalue weighted by molar-refractivity contribution is -0.142. The Labute approximate surface area is 179 Å². The van der Waals surface area contributed by atoms with Gasteiger partial charge in [0.25, 0.3) is 0 Å². The lowest BCUT2D eigenvalue weighted by Gasteiger charge is -2.33. The molecule has 1 N–H and O–H groups in total. The van der Waals surface area contributed by atoms with Crippen LogP contribution in [0.4, 0.5) is 8.78 Å². The van der Waals surface area contributed by atoms with Crippen LogP contribution in [-0.4, -0.2) is 15.9 Å². The molecule has 0 amide bonds. The minimum atomic E-state index is -0.589. The third kappa shape index (κ3) is 3.87. The van der Waals surface area contributed by atoms with Crippen molar-refractivity contribution in [2.24, 2.45) is 11.8 Å². The van der Waals surface area contributed by atoms with Crippen LogP contribution in [0.15, 0.2) is 48.5 Å². The summed E-state index contributed by atoms with van der Waals surface area (Å²) in [5.41, 5.74) is 1.64. The molecule has 1 saturated carbocycles. The number of fused-ring (bicyclic) bond motifs is 1. The van der Waals surface area contributed by atoms with Gasteiger partial charge < -0.3 is 9.72 Å². The number of aromatic nitrogens is 2. The summed E-state index contributed by atoms with van der Waals surface area (Å²) in [5.74, 6) is -1.26. The van der Waals surface area contributed by atoms with Crippen LogP contribution >= 0.6 is 0 Å². The fourth-order valence-electron chi connectivity index (χ4n) is 5.05. The summed E-state index contributed by atoms with van der Waals surface area (Å²) in [5, 5.41) is 0. The highest BCUT2D eigenvalue weighted by atomic mass is 19.1. The van der Waals surface area contributed by atoms with E-state index in [0.29, 0.717) is 11.6 Å². The zero-order chi connectivity index (χ0) is 21.4. The van der Waals surface area contributed by atoms with Gasteiger partial charge in [-0.15, -0.1) is 0 Å². The molecule has 2 aliphatic rings. The Bertz CT molecular complexity index is 1090. The van der Waals surface area contributed by atoms with Crippen LogP contribution in [0.2, 0.25) is 0 Å². The summed E-state index contributed by atoms with van der Waals surface area (Å²) in [6, 6.07) is 13.0.